The molecule has 5 aliphatic heterocycles. The number of para-hydroxylation sites is 1. The number of fused-ring (bicyclic) bond motifs is 6. The van der Waals surface area contributed by atoms with Crippen molar-refractivity contribution in [1.29, 1.82) is 0 Å². The lowest BCUT2D eigenvalue weighted by Crippen LogP contribution is -2.81. The number of H-pyrrole nitrogens is 1. The summed E-state index contributed by atoms with van der Waals surface area (Å²) in [5.74, 6) is -1.34. The smallest absolute Gasteiger partial charge is 0.344 e. The van der Waals surface area contributed by atoms with Crippen molar-refractivity contribution in [2.45, 2.75) is 87.6 Å². The highest BCUT2D eigenvalue weighted by atomic mass is 16.6. The fraction of sp³-hybridized carbons (Fsp3) is 0.533. The van der Waals surface area contributed by atoms with E-state index in [4.69, 9.17) is 14.2 Å². The number of carbonyl (C=O) groups is 3. The third-order valence-electron chi connectivity index (χ3n) is 14.8. The van der Waals surface area contributed by atoms with Crippen molar-refractivity contribution < 1.29 is 38.8 Å². The number of carbonyl (C=O) groups excluding carboxylic acids is 3. The second kappa shape index (κ2) is 13.3. The molecular formula is C45H54N4O8. The van der Waals surface area contributed by atoms with Crippen molar-refractivity contribution in [2.24, 2.45) is 11.3 Å². The largest absolute Gasteiger partial charge is 0.496 e. The van der Waals surface area contributed by atoms with E-state index in [1.807, 2.05) is 43.1 Å². The topological polar surface area (TPSA) is 145 Å². The Morgan fingerprint density at radius 2 is 1.84 bits per heavy atom. The number of hydrogen-bond donors (Lipinski definition) is 3. The van der Waals surface area contributed by atoms with Crippen LogP contribution in [0.1, 0.15) is 68.8 Å². The van der Waals surface area contributed by atoms with Crippen molar-refractivity contribution in [1.82, 2.24) is 14.8 Å². The van der Waals surface area contributed by atoms with Gasteiger partial charge in [0.15, 0.2) is 11.9 Å². The summed E-state index contributed by atoms with van der Waals surface area (Å²) in [4.78, 5) is 53.0. The van der Waals surface area contributed by atoms with Gasteiger partial charge >= 0.3 is 11.9 Å². The normalized spacial score (nSPS) is 35.0. The fourth-order valence-electron chi connectivity index (χ4n) is 12.9. The van der Waals surface area contributed by atoms with Crippen molar-refractivity contribution >= 4 is 34.3 Å². The number of anilines is 1. The van der Waals surface area contributed by atoms with E-state index in [1.165, 1.54) is 19.6 Å². The number of aromatic amines is 1. The maximum absolute atomic E-state index is 15.1. The molecule has 1 saturated carbocycles. The number of aromatic nitrogens is 1. The van der Waals surface area contributed by atoms with Gasteiger partial charge in [0.25, 0.3) is 0 Å². The van der Waals surface area contributed by atoms with Crippen LogP contribution in [0.5, 0.6) is 5.75 Å². The number of rotatable bonds is 8. The van der Waals surface area contributed by atoms with Crippen LogP contribution in [0.3, 0.4) is 0 Å². The number of nitrogens with zero attached hydrogens (tertiary/aromatic N) is 3. The van der Waals surface area contributed by atoms with E-state index < -0.39 is 52.5 Å². The van der Waals surface area contributed by atoms with E-state index in [1.54, 1.807) is 7.11 Å². The standard InChI is InChI=1S/C45H54N4O8/c1-7-27-18-28-21-44(36(52)25-50,37-30(24-48(22-27)23-28)29-12-9-10-13-33(29)46-37)32-19-31-34(20-35(32)55-5)47(4)39-43(31)15-17-49-16-11-14-42(8-2,38(43)49)40(57-26(3)51)45(39,54)41(53)56-6/h9-14,18-20,28,38-40,46,50,54H,7-8,15-17,21-25H2,1-6H3/t28-,38-,39-,40-,42+,43-,44+,45+/m1/s1. The van der Waals surface area contributed by atoms with Crippen LogP contribution in [0, 0.1) is 11.3 Å². The Balaban J connectivity index is 1.37. The Bertz CT molecular complexity index is 2250. The van der Waals surface area contributed by atoms with E-state index >= 15 is 4.79 Å². The molecule has 3 N–H and O–H groups in total. The van der Waals surface area contributed by atoms with Gasteiger partial charge in [-0.3, -0.25) is 19.4 Å². The molecule has 9 atom stereocenters. The molecule has 2 fully saturated rings. The predicted octanol–water partition coefficient (Wildman–Crippen LogP) is 4.14. The highest BCUT2D eigenvalue weighted by molar-refractivity contribution is 5.99. The monoisotopic (exact) mass is 778 g/mol. The molecule has 6 aliphatic rings. The summed E-state index contributed by atoms with van der Waals surface area (Å²) in [6.07, 6.45) is 7.52. The van der Waals surface area contributed by atoms with E-state index in [9.17, 15) is 19.8 Å². The second-order valence-corrected chi connectivity index (χ2v) is 17.3. The minimum absolute atomic E-state index is 0.00270. The molecule has 2 aromatic carbocycles. The first kappa shape index (κ1) is 38.1. The van der Waals surface area contributed by atoms with Crippen LogP contribution in [0.2, 0.25) is 0 Å². The van der Waals surface area contributed by atoms with E-state index in [2.05, 4.69) is 52.1 Å². The zero-order valence-corrected chi connectivity index (χ0v) is 33.8. The van der Waals surface area contributed by atoms with E-state index in [-0.39, 0.29) is 17.7 Å². The molecule has 3 aromatic rings. The fourth-order valence-corrected chi connectivity index (χ4v) is 12.9. The number of ketones is 1. The van der Waals surface area contributed by atoms with Gasteiger partial charge in [0, 0.05) is 90.9 Å². The predicted molar refractivity (Wildman–Crippen MR) is 214 cm³/mol. The van der Waals surface area contributed by atoms with Crippen LogP contribution < -0.4 is 9.64 Å². The molecule has 12 heteroatoms. The van der Waals surface area contributed by atoms with Crippen LogP contribution >= 0.6 is 0 Å². The van der Waals surface area contributed by atoms with Crippen LogP contribution in [-0.2, 0) is 41.2 Å². The quantitative estimate of drug-likeness (QED) is 0.224. The van der Waals surface area contributed by atoms with Gasteiger partial charge in [0.2, 0.25) is 5.60 Å². The summed E-state index contributed by atoms with van der Waals surface area (Å²) >= 11 is 0. The molecule has 1 unspecified atom stereocenters. The molecule has 302 valence electrons. The lowest BCUT2D eigenvalue weighted by atomic mass is 9.47. The number of benzene rings is 2. The third-order valence-corrected chi connectivity index (χ3v) is 14.8. The van der Waals surface area contributed by atoms with Gasteiger partial charge < -0.3 is 34.3 Å². The van der Waals surface area contributed by atoms with Crippen LogP contribution in [0.15, 0.2) is 60.2 Å². The van der Waals surface area contributed by atoms with Gasteiger partial charge in [-0.2, -0.15) is 0 Å². The lowest BCUT2D eigenvalue weighted by Gasteiger charge is -2.63. The molecule has 2 bridgehead atoms. The SMILES string of the molecule is CCC1=C[C@H]2CN(C1)Cc1c([nH]c3ccccc13)[C@](C(=O)CO)(c1cc3c(cc1OC)N(C)[C@H]1[C@@](O)(C(=O)OC)[C@H](OC(C)=O)[C@@]4(CC)C=CCN5CC[C@]31[C@H]54)C2. The lowest BCUT2D eigenvalue weighted by molar-refractivity contribution is -0.228. The van der Waals surface area contributed by atoms with Crippen molar-refractivity contribution in [3.8, 4) is 5.75 Å². The first-order chi connectivity index (χ1) is 27.4. The maximum atomic E-state index is 15.1. The summed E-state index contributed by atoms with van der Waals surface area (Å²) in [5, 5.41) is 25.4. The Kier molecular flexibility index (Phi) is 8.86. The first-order valence-corrected chi connectivity index (χ1v) is 20.4. The highest BCUT2D eigenvalue weighted by Crippen LogP contribution is 2.68. The van der Waals surface area contributed by atoms with Crippen LogP contribution in [-0.4, -0.2) is 121 Å². The third kappa shape index (κ3) is 4.84. The van der Waals surface area contributed by atoms with Gasteiger partial charge in [0.05, 0.1) is 20.3 Å². The minimum Gasteiger partial charge on any atom is -0.496 e. The molecule has 1 spiro atoms. The highest BCUT2D eigenvalue weighted by Gasteiger charge is 2.80. The number of aliphatic hydroxyl groups is 2. The second-order valence-electron chi connectivity index (χ2n) is 17.3. The van der Waals surface area contributed by atoms with Gasteiger partial charge in [-0.15, -0.1) is 0 Å². The molecule has 1 aromatic heterocycles. The zero-order chi connectivity index (χ0) is 40.2. The number of methoxy groups -OCH3 is 2. The van der Waals surface area contributed by atoms with Crippen molar-refractivity contribution in [3.05, 3.63) is 82.6 Å². The van der Waals surface area contributed by atoms with Gasteiger partial charge in [-0.1, -0.05) is 55.8 Å². The number of aliphatic hydroxyl groups excluding tert-OH is 1. The maximum Gasteiger partial charge on any atom is 0.344 e. The van der Waals surface area contributed by atoms with Gasteiger partial charge in [-0.05, 0) is 61.4 Å². The molecule has 9 rings (SSSR count). The number of Topliss-reactive ketones (excluding diaryl/α,β-unsaturated/α-hetero) is 1. The zero-order valence-electron chi connectivity index (χ0n) is 33.8. The van der Waals surface area contributed by atoms with Crippen LogP contribution in [0.4, 0.5) is 5.69 Å². The summed E-state index contributed by atoms with van der Waals surface area (Å²) in [6.45, 7) is 8.37. The number of esters is 2. The number of ether oxygens (including phenoxy) is 3. The van der Waals surface area contributed by atoms with Gasteiger partial charge in [-0.25, -0.2) is 4.79 Å². The number of nitrogens with one attached hydrogen (secondary N) is 1. The van der Waals surface area contributed by atoms with E-state index in [0.717, 1.165) is 52.9 Å². The Morgan fingerprint density at radius 3 is 2.54 bits per heavy atom. The average Bonchev–Trinajstić information content (AvgIpc) is 3.87. The minimum atomic E-state index is -2.29. The molecule has 12 nitrogen and oxygen atoms in total. The molecule has 1 saturated heterocycles. The van der Waals surface area contributed by atoms with E-state index in [0.29, 0.717) is 50.2 Å². The summed E-state index contributed by atoms with van der Waals surface area (Å²) in [7, 11) is 4.72. The molecule has 1 aliphatic carbocycles. The van der Waals surface area contributed by atoms with Gasteiger partial charge in [0.1, 0.15) is 17.8 Å². The Labute approximate surface area is 333 Å². The van der Waals surface area contributed by atoms with Crippen LogP contribution in [0.25, 0.3) is 10.9 Å². The molecule has 57 heavy (non-hydrogen) atoms. The average molecular weight is 779 g/mol. The summed E-state index contributed by atoms with van der Waals surface area (Å²) in [6, 6.07) is 11.0. The summed E-state index contributed by atoms with van der Waals surface area (Å²) < 4.78 is 17.9. The molecule has 0 amide bonds. The van der Waals surface area contributed by atoms with Crippen molar-refractivity contribution in [2.75, 3.05) is 59.0 Å². The summed E-state index contributed by atoms with van der Waals surface area (Å²) in [5.41, 5.74) is 0.771. The Morgan fingerprint density at radius 1 is 1.05 bits per heavy atom. The van der Waals surface area contributed by atoms with Crippen molar-refractivity contribution in [3.63, 3.8) is 0 Å². The molecule has 6 heterocycles. The number of hydrogen-bond acceptors (Lipinski definition) is 11. The first-order valence-electron chi connectivity index (χ1n) is 20.4. The Hall–Kier alpha value is -4.49. The number of likely N-dealkylation sites (N-methyl/N-ethyl adjacent to an activating group) is 1. The molecular weight excluding hydrogens is 725 g/mol. The molecule has 0 radical (unpaired) electrons.